The summed E-state index contributed by atoms with van der Waals surface area (Å²) in [5.74, 6) is 0.853. The van der Waals surface area contributed by atoms with Crippen LogP contribution in [0.1, 0.15) is 43.4 Å². The number of benzene rings is 1. The van der Waals surface area contributed by atoms with Crippen LogP contribution in [-0.4, -0.2) is 31.3 Å². The minimum absolute atomic E-state index is 0.0885. The maximum absolute atomic E-state index is 11.4. The van der Waals surface area contributed by atoms with E-state index >= 15 is 0 Å². The highest BCUT2D eigenvalue weighted by Gasteiger charge is 2.24. The zero-order chi connectivity index (χ0) is 19.2. The van der Waals surface area contributed by atoms with E-state index in [0.717, 1.165) is 42.1 Å². The number of nitrogens with one attached hydrogen (secondary N) is 1. The molecular formula is C20H23N5O2. The van der Waals surface area contributed by atoms with Crippen molar-refractivity contribution >= 4 is 16.6 Å². The largest absolute Gasteiger partial charge is 0.361 e. The van der Waals surface area contributed by atoms with Crippen molar-refractivity contribution in [2.45, 2.75) is 45.7 Å². The van der Waals surface area contributed by atoms with E-state index in [4.69, 9.17) is 4.98 Å². The molecular weight excluding hydrogens is 342 g/mol. The molecule has 1 aliphatic heterocycles. The van der Waals surface area contributed by atoms with E-state index in [1.807, 2.05) is 18.5 Å². The molecule has 2 aromatic heterocycles. The number of non-ortho nitro benzene ring substituents is 1. The average Bonchev–Trinajstić information content (AvgIpc) is 3.03. The first-order valence-corrected chi connectivity index (χ1v) is 9.14. The van der Waals surface area contributed by atoms with Crippen LogP contribution in [0.3, 0.4) is 0 Å². The average molecular weight is 365 g/mol. The molecule has 1 aromatic carbocycles. The first-order valence-electron chi connectivity index (χ1n) is 9.14. The molecule has 140 valence electrons. The molecule has 1 aliphatic rings. The SMILES string of the molecule is CC(C)(C)c1ncc2c(n1)CN(Cc1c[nH]c3cccc([N+](=O)[O-])c13)CC2. The van der Waals surface area contributed by atoms with Gasteiger partial charge in [0.15, 0.2) is 0 Å². The van der Waals surface area contributed by atoms with Crippen LogP contribution < -0.4 is 0 Å². The van der Waals surface area contributed by atoms with Crippen LogP contribution in [0, 0.1) is 10.1 Å². The van der Waals surface area contributed by atoms with E-state index in [0.29, 0.717) is 11.9 Å². The molecule has 0 atom stereocenters. The third-order valence-corrected chi connectivity index (χ3v) is 5.05. The van der Waals surface area contributed by atoms with Gasteiger partial charge in [-0.05, 0) is 23.6 Å². The second-order valence-corrected chi connectivity index (χ2v) is 8.15. The fraction of sp³-hybridized carbons (Fsp3) is 0.400. The summed E-state index contributed by atoms with van der Waals surface area (Å²) in [6, 6.07) is 5.15. The Morgan fingerprint density at radius 2 is 2.15 bits per heavy atom. The number of aromatic amines is 1. The molecule has 3 aromatic rings. The van der Waals surface area contributed by atoms with Gasteiger partial charge in [-0.25, -0.2) is 9.97 Å². The minimum atomic E-state index is -0.311. The van der Waals surface area contributed by atoms with E-state index in [1.165, 1.54) is 5.56 Å². The van der Waals surface area contributed by atoms with Crippen LogP contribution in [0.4, 0.5) is 5.69 Å². The number of hydrogen-bond donors (Lipinski definition) is 1. The summed E-state index contributed by atoms with van der Waals surface area (Å²) in [5.41, 5.74) is 4.08. The maximum Gasteiger partial charge on any atom is 0.279 e. The van der Waals surface area contributed by atoms with Gasteiger partial charge in [0, 0.05) is 43.5 Å². The molecule has 4 rings (SSSR count). The Labute approximate surface area is 157 Å². The quantitative estimate of drug-likeness (QED) is 0.564. The minimum Gasteiger partial charge on any atom is -0.361 e. The second kappa shape index (κ2) is 6.42. The van der Waals surface area contributed by atoms with Crippen molar-refractivity contribution in [1.29, 1.82) is 0 Å². The summed E-state index contributed by atoms with van der Waals surface area (Å²) >= 11 is 0. The lowest BCUT2D eigenvalue weighted by atomic mass is 9.95. The van der Waals surface area contributed by atoms with Crippen molar-refractivity contribution in [2.24, 2.45) is 0 Å². The Hall–Kier alpha value is -2.80. The number of nitrogens with zero attached hydrogens (tertiary/aromatic N) is 4. The van der Waals surface area contributed by atoms with E-state index in [-0.39, 0.29) is 16.0 Å². The number of aromatic nitrogens is 3. The molecule has 27 heavy (non-hydrogen) atoms. The Morgan fingerprint density at radius 3 is 2.89 bits per heavy atom. The topological polar surface area (TPSA) is 88.0 Å². The molecule has 0 bridgehead atoms. The number of H-pyrrole nitrogens is 1. The predicted octanol–water partition coefficient (Wildman–Crippen LogP) is 3.72. The number of nitro benzene ring substituents is 1. The summed E-state index contributed by atoms with van der Waals surface area (Å²) in [6.07, 6.45) is 4.73. The van der Waals surface area contributed by atoms with Crippen LogP contribution in [0.25, 0.3) is 10.9 Å². The maximum atomic E-state index is 11.4. The molecule has 0 fully saturated rings. The van der Waals surface area contributed by atoms with E-state index in [1.54, 1.807) is 12.1 Å². The monoisotopic (exact) mass is 365 g/mol. The number of hydrogen-bond acceptors (Lipinski definition) is 5. The molecule has 3 heterocycles. The fourth-order valence-electron chi connectivity index (χ4n) is 3.61. The molecule has 0 saturated heterocycles. The van der Waals surface area contributed by atoms with Gasteiger partial charge < -0.3 is 4.98 Å². The van der Waals surface area contributed by atoms with Crippen molar-refractivity contribution < 1.29 is 4.92 Å². The number of rotatable bonds is 3. The standard InChI is InChI=1S/C20H23N5O2/c1-20(2,3)19-22-9-13-7-8-24(12-16(13)23-19)11-14-10-21-15-5-4-6-17(18(14)15)25(26)27/h4-6,9-10,21H,7-8,11-12H2,1-3H3. The Kier molecular flexibility index (Phi) is 4.19. The molecule has 1 N–H and O–H groups in total. The van der Waals surface area contributed by atoms with E-state index in [9.17, 15) is 10.1 Å². The summed E-state index contributed by atoms with van der Waals surface area (Å²) in [7, 11) is 0. The van der Waals surface area contributed by atoms with Crippen molar-refractivity contribution in [3.8, 4) is 0 Å². The van der Waals surface area contributed by atoms with Gasteiger partial charge in [-0.1, -0.05) is 26.8 Å². The van der Waals surface area contributed by atoms with Gasteiger partial charge >= 0.3 is 0 Å². The molecule has 0 saturated carbocycles. The first kappa shape index (κ1) is 17.6. The Morgan fingerprint density at radius 1 is 1.33 bits per heavy atom. The Balaban J connectivity index is 1.62. The van der Waals surface area contributed by atoms with Crippen molar-refractivity contribution in [3.05, 3.63) is 63.4 Å². The van der Waals surface area contributed by atoms with Gasteiger partial charge in [0.1, 0.15) is 5.82 Å². The summed E-state index contributed by atoms with van der Waals surface area (Å²) < 4.78 is 0. The third-order valence-electron chi connectivity index (χ3n) is 5.05. The lowest BCUT2D eigenvalue weighted by molar-refractivity contribution is -0.383. The van der Waals surface area contributed by atoms with Gasteiger partial charge in [-0.2, -0.15) is 0 Å². The van der Waals surface area contributed by atoms with Crippen LogP contribution in [-0.2, 0) is 24.9 Å². The smallest absolute Gasteiger partial charge is 0.279 e. The van der Waals surface area contributed by atoms with Crippen molar-refractivity contribution in [1.82, 2.24) is 19.9 Å². The molecule has 0 spiro atoms. The zero-order valence-electron chi connectivity index (χ0n) is 15.8. The van der Waals surface area contributed by atoms with Crippen LogP contribution in [0.15, 0.2) is 30.6 Å². The van der Waals surface area contributed by atoms with Crippen LogP contribution in [0.2, 0.25) is 0 Å². The molecule has 7 nitrogen and oxygen atoms in total. The second-order valence-electron chi connectivity index (χ2n) is 8.15. The summed E-state index contributed by atoms with van der Waals surface area (Å²) in [5, 5.41) is 12.1. The zero-order valence-corrected chi connectivity index (χ0v) is 15.8. The van der Waals surface area contributed by atoms with Gasteiger partial charge in [0.05, 0.1) is 21.5 Å². The normalized spacial score (nSPS) is 15.1. The summed E-state index contributed by atoms with van der Waals surface area (Å²) in [4.78, 5) is 25.9. The molecule has 0 radical (unpaired) electrons. The van der Waals surface area contributed by atoms with E-state index in [2.05, 4.69) is 35.6 Å². The Bertz CT molecular complexity index is 1020. The number of fused-ring (bicyclic) bond motifs is 2. The lowest BCUT2D eigenvalue weighted by Gasteiger charge is -2.29. The van der Waals surface area contributed by atoms with Gasteiger partial charge in [0.2, 0.25) is 0 Å². The number of nitro groups is 1. The van der Waals surface area contributed by atoms with Gasteiger partial charge in [-0.3, -0.25) is 15.0 Å². The lowest BCUT2D eigenvalue weighted by Crippen LogP contribution is -2.32. The highest BCUT2D eigenvalue weighted by Crippen LogP contribution is 2.30. The fourth-order valence-corrected chi connectivity index (χ4v) is 3.61. The molecule has 0 unspecified atom stereocenters. The van der Waals surface area contributed by atoms with E-state index < -0.39 is 0 Å². The molecule has 0 aliphatic carbocycles. The third kappa shape index (κ3) is 3.30. The predicted molar refractivity (Wildman–Crippen MR) is 104 cm³/mol. The summed E-state index contributed by atoms with van der Waals surface area (Å²) in [6.45, 7) is 8.60. The molecule has 7 heteroatoms. The highest BCUT2D eigenvalue weighted by molar-refractivity contribution is 5.91. The van der Waals surface area contributed by atoms with Crippen molar-refractivity contribution in [2.75, 3.05) is 6.54 Å². The van der Waals surface area contributed by atoms with Crippen LogP contribution in [0.5, 0.6) is 0 Å². The first-order chi connectivity index (χ1) is 12.8. The molecule has 0 amide bonds. The van der Waals surface area contributed by atoms with Crippen LogP contribution >= 0.6 is 0 Å². The van der Waals surface area contributed by atoms with Gasteiger partial charge in [0.25, 0.3) is 5.69 Å². The van der Waals surface area contributed by atoms with Crippen molar-refractivity contribution in [3.63, 3.8) is 0 Å². The highest BCUT2D eigenvalue weighted by atomic mass is 16.6. The van der Waals surface area contributed by atoms with Gasteiger partial charge in [-0.15, -0.1) is 0 Å².